The molecule has 5 rings (SSSR count). The maximum Gasteiger partial charge on any atom is 0.420 e. The Kier molecular flexibility index (Phi) is 7.10. The summed E-state index contributed by atoms with van der Waals surface area (Å²) in [7, 11) is 2.74. The number of fused-ring (bicyclic) bond motifs is 1. The van der Waals surface area contributed by atoms with Crippen LogP contribution in [0.1, 0.15) is 22.3 Å². The zero-order chi connectivity index (χ0) is 29.3. The van der Waals surface area contributed by atoms with Crippen LogP contribution < -0.4 is 5.32 Å². The number of ether oxygens (including phenoxy) is 1. The normalized spacial score (nSPS) is 11.4. The van der Waals surface area contributed by atoms with Crippen molar-refractivity contribution in [3.8, 4) is 40.2 Å². The SMILES string of the molecule is COC(=O)c1cc(C(F)(F)F)c2oc(-c3cc(-c4ccc(F)cc4-c4nncn4C)cc(NCCC#N)n3)nc2c1. The van der Waals surface area contributed by atoms with E-state index in [9.17, 15) is 22.4 Å². The number of benzene rings is 2. The summed E-state index contributed by atoms with van der Waals surface area (Å²) in [4.78, 5) is 20.7. The number of hydrogen-bond donors (Lipinski definition) is 1. The topological polar surface area (TPSA) is 132 Å². The quantitative estimate of drug-likeness (QED) is 0.152. The molecule has 0 amide bonds. The number of halogens is 4. The molecule has 0 spiro atoms. The molecule has 208 valence electrons. The zero-order valence-corrected chi connectivity index (χ0v) is 21.5. The van der Waals surface area contributed by atoms with Crippen molar-refractivity contribution in [3.63, 3.8) is 0 Å². The van der Waals surface area contributed by atoms with Crippen molar-refractivity contribution in [2.75, 3.05) is 19.0 Å². The predicted octanol–water partition coefficient (Wildman–Crippen LogP) is 5.62. The molecule has 0 unspecified atom stereocenters. The summed E-state index contributed by atoms with van der Waals surface area (Å²) in [6, 6.07) is 11.0. The molecule has 3 heterocycles. The third-order valence-electron chi connectivity index (χ3n) is 6.05. The standard InChI is InChI=1S/C27H19F4N7O3/c1-38-13-34-37-24(38)18-12-16(28)4-5-17(18)14-9-21(35-22(11-14)33-7-3-6-32)25-36-20-10-15(26(39)40-2)8-19(23(20)41-25)27(29,30)31/h4-5,8-13H,3,7H2,1-2H3,(H,33,35). The minimum absolute atomic E-state index is 0.0409. The summed E-state index contributed by atoms with van der Waals surface area (Å²) in [6.07, 6.45) is -3.26. The lowest BCUT2D eigenvalue weighted by molar-refractivity contribution is -0.136. The monoisotopic (exact) mass is 565 g/mol. The minimum Gasteiger partial charge on any atom is -0.465 e. The number of pyridine rings is 1. The number of aryl methyl sites for hydroxylation is 1. The molecule has 0 aliphatic carbocycles. The average Bonchev–Trinajstić information content (AvgIpc) is 3.57. The molecule has 14 heteroatoms. The molecule has 0 aliphatic rings. The third kappa shape index (κ3) is 5.42. The van der Waals surface area contributed by atoms with Gasteiger partial charge in [0.15, 0.2) is 11.4 Å². The molecule has 41 heavy (non-hydrogen) atoms. The van der Waals surface area contributed by atoms with Crippen LogP contribution in [-0.2, 0) is 18.0 Å². The molecule has 0 aliphatic heterocycles. The molecule has 3 aromatic heterocycles. The Bertz CT molecular complexity index is 1820. The Morgan fingerprint density at radius 3 is 2.63 bits per heavy atom. The van der Waals surface area contributed by atoms with Gasteiger partial charge in [0.25, 0.3) is 0 Å². The lowest BCUT2D eigenvalue weighted by Gasteiger charge is -2.13. The van der Waals surface area contributed by atoms with Gasteiger partial charge in [0.1, 0.15) is 34.7 Å². The van der Waals surface area contributed by atoms with E-state index >= 15 is 0 Å². The highest BCUT2D eigenvalue weighted by atomic mass is 19.4. The minimum atomic E-state index is -4.86. The van der Waals surface area contributed by atoms with Crippen molar-refractivity contribution < 1.29 is 31.5 Å². The molecule has 5 aromatic rings. The summed E-state index contributed by atoms with van der Waals surface area (Å²) in [5, 5.41) is 19.9. The highest BCUT2D eigenvalue weighted by molar-refractivity contribution is 5.95. The largest absolute Gasteiger partial charge is 0.465 e. The lowest BCUT2D eigenvalue weighted by Crippen LogP contribution is -2.09. The van der Waals surface area contributed by atoms with Gasteiger partial charge in [-0.15, -0.1) is 10.2 Å². The maximum atomic E-state index is 14.3. The van der Waals surface area contributed by atoms with Crippen molar-refractivity contribution in [2.24, 2.45) is 7.05 Å². The number of nitriles is 1. The van der Waals surface area contributed by atoms with E-state index in [-0.39, 0.29) is 41.4 Å². The van der Waals surface area contributed by atoms with Crippen molar-refractivity contribution in [3.05, 3.63) is 65.7 Å². The Balaban J connectivity index is 1.72. The molecule has 0 radical (unpaired) electrons. The van der Waals surface area contributed by atoms with Crippen LogP contribution in [0.25, 0.3) is 45.2 Å². The van der Waals surface area contributed by atoms with Gasteiger partial charge in [-0.25, -0.2) is 19.2 Å². The first-order valence-corrected chi connectivity index (χ1v) is 12.0. The van der Waals surface area contributed by atoms with Crippen LogP contribution in [0.5, 0.6) is 0 Å². The van der Waals surface area contributed by atoms with E-state index in [1.807, 2.05) is 6.07 Å². The zero-order valence-electron chi connectivity index (χ0n) is 21.5. The van der Waals surface area contributed by atoms with E-state index in [4.69, 9.17) is 9.68 Å². The first-order valence-electron chi connectivity index (χ1n) is 12.0. The number of methoxy groups -OCH3 is 1. The molecular weight excluding hydrogens is 546 g/mol. The highest BCUT2D eigenvalue weighted by Crippen LogP contribution is 2.39. The summed E-state index contributed by atoms with van der Waals surface area (Å²) in [6.45, 7) is 0.222. The molecule has 10 nitrogen and oxygen atoms in total. The van der Waals surface area contributed by atoms with E-state index < -0.39 is 29.1 Å². The molecule has 0 saturated heterocycles. The Hall–Kier alpha value is -5.32. The fraction of sp³-hybridized carbons (Fsp3) is 0.185. The molecule has 0 atom stereocenters. The second kappa shape index (κ2) is 10.7. The molecule has 1 N–H and O–H groups in total. The number of carbonyl (C=O) groups excluding carboxylic acids is 1. The van der Waals surface area contributed by atoms with Gasteiger partial charge in [0, 0.05) is 19.2 Å². The van der Waals surface area contributed by atoms with E-state index in [2.05, 4.69) is 30.2 Å². The number of nitrogens with zero attached hydrogens (tertiary/aromatic N) is 6. The Morgan fingerprint density at radius 2 is 1.95 bits per heavy atom. The number of esters is 1. The predicted molar refractivity (Wildman–Crippen MR) is 138 cm³/mol. The van der Waals surface area contributed by atoms with Crippen LogP contribution in [0.2, 0.25) is 0 Å². The fourth-order valence-corrected chi connectivity index (χ4v) is 4.20. The number of nitrogens with one attached hydrogen (secondary N) is 1. The fourth-order valence-electron chi connectivity index (χ4n) is 4.20. The van der Waals surface area contributed by atoms with Crippen LogP contribution in [0, 0.1) is 17.1 Å². The van der Waals surface area contributed by atoms with Gasteiger partial charge in [-0.05, 0) is 47.5 Å². The van der Waals surface area contributed by atoms with E-state index in [0.29, 0.717) is 28.6 Å². The number of carbonyl (C=O) groups is 1. The highest BCUT2D eigenvalue weighted by Gasteiger charge is 2.36. The third-order valence-corrected chi connectivity index (χ3v) is 6.05. The van der Waals surface area contributed by atoms with E-state index in [0.717, 1.165) is 13.2 Å². The Labute approximate surface area is 229 Å². The van der Waals surface area contributed by atoms with Crippen LogP contribution in [0.15, 0.2) is 53.2 Å². The number of anilines is 1. The van der Waals surface area contributed by atoms with Gasteiger partial charge in [0.05, 0.1) is 25.2 Å². The van der Waals surface area contributed by atoms with Crippen LogP contribution in [0.3, 0.4) is 0 Å². The smallest absolute Gasteiger partial charge is 0.420 e. The number of hydrogen-bond acceptors (Lipinski definition) is 9. The van der Waals surface area contributed by atoms with Gasteiger partial charge < -0.3 is 19.0 Å². The summed E-state index contributed by atoms with van der Waals surface area (Å²) < 4.78 is 67.8. The van der Waals surface area contributed by atoms with Gasteiger partial charge in [0.2, 0.25) is 5.89 Å². The number of aromatic nitrogens is 5. The first-order chi connectivity index (χ1) is 19.6. The van der Waals surface area contributed by atoms with Crippen LogP contribution in [0.4, 0.5) is 23.4 Å². The molecule has 2 aromatic carbocycles. The molecular formula is C27H19F4N7O3. The second-order valence-corrected chi connectivity index (χ2v) is 8.80. The molecule has 0 bridgehead atoms. The lowest BCUT2D eigenvalue weighted by atomic mass is 9.98. The molecule has 0 fully saturated rings. The van der Waals surface area contributed by atoms with Crippen LogP contribution >= 0.6 is 0 Å². The van der Waals surface area contributed by atoms with Gasteiger partial charge in [-0.1, -0.05) is 6.07 Å². The van der Waals surface area contributed by atoms with Crippen molar-refractivity contribution in [2.45, 2.75) is 12.6 Å². The number of alkyl halides is 3. The van der Waals surface area contributed by atoms with Crippen molar-refractivity contribution in [1.29, 1.82) is 5.26 Å². The van der Waals surface area contributed by atoms with E-state index in [1.165, 1.54) is 30.6 Å². The maximum absolute atomic E-state index is 14.3. The summed E-state index contributed by atoms with van der Waals surface area (Å²) >= 11 is 0. The van der Waals surface area contributed by atoms with Gasteiger partial charge in [-0.2, -0.15) is 18.4 Å². The van der Waals surface area contributed by atoms with Crippen LogP contribution in [-0.4, -0.2) is 44.4 Å². The second-order valence-electron chi connectivity index (χ2n) is 8.80. The average molecular weight is 565 g/mol. The van der Waals surface area contributed by atoms with Crippen molar-refractivity contribution >= 4 is 22.9 Å². The summed E-state index contributed by atoms with van der Waals surface area (Å²) in [5.74, 6) is -1.13. The number of rotatable bonds is 7. The number of oxazole rings is 1. The van der Waals surface area contributed by atoms with Gasteiger partial charge >= 0.3 is 12.1 Å². The molecule has 0 saturated carbocycles. The van der Waals surface area contributed by atoms with Gasteiger partial charge in [-0.3, -0.25) is 0 Å². The summed E-state index contributed by atoms with van der Waals surface area (Å²) in [5.41, 5.74) is -0.969. The van der Waals surface area contributed by atoms with Crippen molar-refractivity contribution in [1.82, 2.24) is 24.7 Å². The Morgan fingerprint density at radius 1 is 1.15 bits per heavy atom. The first kappa shape index (κ1) is 27.3. The van der Waals surface area contributed by atoms with E-state index in [1.54, 1.807) is 17.7 Å².